The van der Waals surface area contributed by atoms with Crippen LogP contribution < -0.4 is 10.1 Å². The van der Waals surface area contributed by atoms with E-state index in [0.29, 0.717) is 11.3 Å². The average Bonchev–Trinajstić information content (AvgIpc) is 2.94. The molecule has 0 bridgehead atoms. The molecule has 0 unspecified atom stereocenters. The van der Waals surface area contributed by atoms with Crippen molar-refractivity contribution in [3.8, 4) is 17.1 Å². The lowest BCUT2D eigenvalue weighted by Gasteiger charge is -2.08. The third-order valence-corrected chi connectivity index (χ3v) is 3.86. The number of nitrogens with one attached hydrogen (secondary N) is 2. The van der Waals surface area contributed by atoms with E-state index >= 15 is 0 Å². The number of alkyl halides is 2. The highest BCUT2D eigenvalue weighted by molar-refractivity contribution is 6.04. The van der Waals surface area contributed by atoms with E-state index in [2.05, 4.69) is 20.0 Å². The van der Waals surface area contributed by atoms with Crippen LogP contribution in [0, 0.1) is 13.8 Å². The second-order valence-corrected chi connectivity index (χ2v) is 5.73. The molecule has 0 saturated carbocycles. The first-order chi connectivity index (χ1) is 12.4. The molecular weight excluding hydrogens is 340 g/mol. The molecule has 26 heavy (non-hydrogen) atoms. The Labute approximate surface area is 149 Å². The molecule has 2 N–H and O–H groups in total. The van der Waals surface area contributed by atoms with Gasteiger partial charge in [-0.25, -0.2) is 4.98 Å². The van der Waals surface area contributed by atoms with Crippen LogP contribution in [0.5, 0.6) is 5.75 Å². The number of aryl methyl sites for hydroxylation is 2. The van der Waals surface area contributed by atoms with Gasteiger partial charge in [0.15, 0.2) is 0 Å². The minimum absolute atomic E-state index is 0.00195. The Balaban J connectivity index is 1.74. The largest absolute Gasteiger partial charge is 0.435 e. The number of aromatic amines is 1. The number of rotatable bonds is 5. The molecule has 0 aliphatic carbocycles. The van der Waals surface area contributed by atoms with Gasteiger partial charge in [0, 0.05) is 22.5 Å². The van der Waals surface area contributed by atoms with Crippen LogP contribution in [-0.4, -0.2) is 22.5 Å². The number of nitrogens with zero attached hydrogens (tertiary/aromatic N) is 1. The zero-order chi connectivity index (χ0) is 18.7. The lowest BCUT2D eigenvalue weighted by molar-refractivity contribution is -0.0498. The molecule has 0 radical (unpaired) electrons. The number of halogens is 2. The number of hydrogen-bond donors (Lipinski definition) is 2. The summed E-state index contributed by atoms with van der Waals surface area (Å²) >= 11 is 0. The molecule has 0 atom stereocenters. The highest BCUT2D eigenvalue weighted by atomic mass is 19.3. The van der Waals surface area contributed by atoms with Crippen molar-refractivity contribution >= 4 is 11.6 Å². The zero-order valence-electron chi connectivity index (χ0n) is 14.2. The van der Waals surface area contributed by atoms with Gasteiger partial charge in [0.25, 0.3) is 5.91 Å². The normalized spacial score (nSPS) is 10.8. The van der Waals surface area contributed by atoms with Gasteiger partial charge >= 0.3 is 6.61 Å². The summed E-state index contributed by atoms with van der Waals surface area (Å²) in [6.07, 6.45) is 0. The fraction of sp³-hybridized carbons (Fsp3) is 0.158. The summed E-state index contributed by atoms with van der Waals surface area (Å²) < 4.78 is 28.6. The SMILES string of the molecule is Cc1nc(-c2cccc(NC(=O)c3ccc(OC(F)F)cc3)c2)[nH]c1C. The lowest BCUT2D eigenvalue weighted by atomic mass is 10.1. The average molecular weight is 357 g/mol. The van der Waals surface area contributed by atoms with Crippen molar-refractivity contribution in [2.75, 3.05) is 5.32 Å². The number of hydrogen-bond acceptors (Lipinski definition) is 3. The van der Waals surface area contributed by atoms with Gasteiger partial charge in [0.2, 0.25) is 0 Å². The van der Waals surface area contributed by atoms with Crippen molar-refractivity contribution < 1.29 is 18.3 Å². The number of amides is 1. The summed E-state index contributed by atoms with van der Waals surface area (Å²) in [6, 6.07) is 12.8. The number of anilines is 1. The Bertz CT molecular complexity index is 901. The van der Waals surface area contributed by atoms with Gasteiger partial charge in [-0.15, -0.1) is 0 Å². The van der Waals surface area contributed by atoms with Crippen molar-refractivity contribution in [2.24, 2.45) is 0 Å². The van der Waals surface area contributed by atoms with Crippen LogP contribution in [0.2, 0.25) is 0 Å². The van der Waals surface area contributed by atoms with Crippen molar-refractivity contribution in [3.05, 3.63) is 65.5 Å². The van der Waals surface area contributed by atoms with Crippen LogP contribution in [0.3, 0.4) is 0 Å². The predicted octanol–water partition coefficient (Wildman–Crippen LogP) is 4.55. The molecule has 0 aliphatic rings. The maximum absolute atomic E-state index is 12.3. The first-order valence-corrected chi connectivity index (χ1v) is 7.92. The third-order valence-electron chi connectivity index (χ3n) is 3.86. The van der Waals surface area contributed by atoms with Gasteiger partial charge in [-0.1, -0.05) is 12.1 Å². The summed E-state index contributed by atoms with van der Waals surface area (Å²) in [5, 5.41) is 2.78. The molecule has 7 heteroatoms. The van der Waals surface area contributed by atoms with E-state index in [1.54, 1.807) is 6.07 Å². The van der Waals surface area contributed by atoms with Crippen LogP contribution in [0.15, 0.2) is 48.5 Å². The Hall–Kier alpha value is -3.22. The van der Waals surface area contributed by atoms with Crippen LogP contribution in [0.1, 0.15) is 21.7 Å². The van der Waals surface area contributed by atoms with Gasteiger partial charge in [0.1, 0.15) is 11.6 Å². The predicted molar refractivity (Wildman–Crippen MR) is 94.5 cm³/mol. The first kappa shape index (κ1) is 17.6. The zero-order valence-corrected chi connectivity index (χ0v) is 14.2. The van der Waals surface area contributed by atoms with Gasteiger partial charge in [-0.3, -0.25) is 4.79 Å². The number of carbonyl (C=O) groups is 1. The van der Waals surface area contributed by atoms with E-state index in [4.69, 9.17) is 0 Å². The summed E-state index contributed by atoms with van der Waals surface area (Å²) in [6.45, 7) is 0.965. The molecule has 3 rings (SSSR count). The molecule has 0 spiro atoms. The second kappa shape index (κ2) is 7.35. The van der Waals surface area contributed by atoms with Crippen LogP contribution in [0.25, 0.3) is 11.4 Å². The van der Waals surface area contributed by atoms with Crippen LogP contribution >= 0.6 is 0 Å². The van der Waals surface area contributed by atoms with Crippen molar-refractivity contribution in [1.82, 2.24) is 9.97 Å². The Morgan fingerprint density at radius 1 is 1.15 bits per heavy atom. The van der Waals surface area contributed by atoms with E-state index in [1.165, 1.54) is 24.3 Å². The quantitative estimate of drug-likeness (QED) is 0.704. The minimum atomic E-state index is -2.90. The van der Waals surface area contributed by atoms with E-state index in [1.807, 2.05) is 32.0 Å². The summed E-state index contributed by atoms with van der Waals surface area (Å²) in [5.41, 5.74) is 3.69. The molecule has 0 fully saturated rings. The fourth-order valence-electron chi connectivity index (χ4n) is 2.42. The summed E-state index contributed by atoms with van der Waals surface area (Å²) in [5.74, 6) is 0.379. The molecule has 1 aromatic heterocycles. The number of benzene rings is 2. The Morgan fingerprint density at radius 2 is 1.88 bits per heavy atom. The van der Waals surface area contributed by atoms with Gasteiger partial charge in [-0.05, 0) is 50.2 Å². The van der Waals surface area contributed by atoms with Gasteiger partial charge < -0.3 is 15.0 Å². The van der Waals surface area contributed by atoms with Gasteiger partial charge in [-0.2, -0.15) is 8.78 Å². The van der Waals surface area contributed by atoms with Crippen LogP contribution in [0.4, 0.5) is 14.5 Å². The van der Waals surface area contributed by atoms with Crippen molar-refractivity contribution in [2.45, 2.75) is 20.5 Å². The lowest BCUT2D eigenvalue weighted by Crippen LogP contribution is -2.12. The number of aromatic nitrogens is 2. The molecule has 134 valence electrons. The van der Waals surface area contributed by atoms with Crippen LogP contribution in [-0.2, 0) is 0 Å². The van der Waals surface area contributed by atoms with Crippen molar-refractivity contribution in [1.29, 1.82) is 0 Å². The molecule has 1 heterocycles. The number of ether oxygens (including phenoxy) is 1. The van der Waals surface area contributed by atoms with E-state index in [0.717, 1.165) is 22.8 Å². The smallest absolute Gasteiger partial charge is 0.387 e. The van der Waals surface area contributed by atoms with Crippen molar-refractivity contribution in [3.63, 3.8) is 0 Å². The third kappa shape index (κ3) is 4.05. The molecule has 5 nitrogen and oxygen atoms in total. The molecule has 0 saturated heterocycles. The molecule has 3 aromatic rings. The second-order valence-electron chi connectivity index (χ2n) is 5.73. The highest BCUT2D eigenvalue weighted by Crippen LogP contribution is 2.22. The molecule has 2 aromatic carbocycles. The van der Waals surface area contributed by atoms with Gasteiger partial charge in [0.05, 0.1) is 5.69 Å². The minimum Gasteiger partial charge on any atom is -0.435 e. The summed E-state index contributed by atoms with van der Waals surface area (Å²) in [4.78, 5) is 20.0. The van der Waals surface area contributed by atoms with E-state index in [9.17, 15) is 13.6 Å². The number of carbonyl (C=O) groups excluding carboxylic acids is 1. The fourth-order valence-corrected chi connectivity index (χ4v) is 2.42. The standard InChI is InChI=1S/C19H17F2N3O2/c1-11-12(2)23-17(22-11)14-4-3-5-15(10-14)24-18(25)13-6-8-16(9-7-13)26-19(20)21/h3-10,19H,1-2H3,(H,22,23)(H,24,25). The topological polar surface area (TPSA) is 67.0 Å². The number of H-pyrrole nitrogens is 1. The monoisotopic (exact) mass is 357 g/mol. The highest BCUT2D eigenvalue weighted by Gasteiger charge is 2.10. The maximum atomic E-state index is 12.3. The van der Waals surface area contributed by atoms with E-state index < -0.39 is 6.61 Å². The Kier molecular flexibility index (Phi) is 4.97. The first-order valence-electron chi connectivity index (χ1n) is 7.92. The molecule has 1 amide bonds. The van der Waals surface area contributed by atoms with E-state index in [-0.39, 0.29) is 11.7 Å². The number of imidazole rings is 1. The maximum Gasteiger partial charge on any atom is 0.387 e. The molecule has 0 aliphatic heterocycles. The summed E-state index contributed by atoms with van der Waals surface area (Å²) in [7, 11) is 0. The Morgan fingerprint density at radius 3 is 2.50 bits per heavy atom. The molecular formula is C19H17F2N3O2.